The van der Waals surface area contributed by atoms with E-state index < -0.39 is 0 Å². The van der Waals surface area contributed by atoms with Crippen LogP contribution >= 0.6 is 0 Å². The lowest BCUT2D eigenvalue weighted by Gasteiger charge is -2.47. The second-order valence-corrected chi connectivity index (χ2v) is 6.11. The molecule has 1 aliphatic rings. The summed E-state index contributed by atoms with van der Waals surface area (Å²) in [5, 5.41) is 9.87. The number of carbonyl (C=O) groups excluding carboxylic acids is 1. The standard InChI is InChI=1S/C18H27NO2/c1-3-12-19(13-4-2)18(10-8-16(20)9-11-18)15-6-5-7-17(21)14-15/h5-7,14,21H,3-4,8-13H2,1-2H3. The summed E-state index contributed by atoms with van der Waals surface area (Å²) in [5.74, 6) is 0.690. The summed E-state index contributed by atoms with van der Waals surface area (Å²) in [5.41, 5.74) is 1.08. The number of benzene rings is 1. The first-order chi connectivity index (χ1) is 10.1. The molecule has 1 aliphatic carbocycles. The smallest absolute Gasteiger partial charge is 0.133 e. The van der Waals surface area contributed by atoms with Gasteiger partial charge < -0.3 is 5.11 Å². The summed E-state index contributed by atoms with van der Waals surface area (Å²) >= 11 is 0. The molecule has 0 amide bonds. The molecule has 0 atom stereocenters. The summed E-state index contributed by atoms with van der Waals surface area (Å²) in [6.07, 6.45) is 5.26. The molecule has 0 spiro atoms. The van der Waals surface area contributed by atoms with Crippen LogP contribution in [0.25, 0.3) is 0 Å². The van der Waals surface area contributed by atoms with Gasteiger partial charge in [-0.2, -0.15) is 0 Å². The minimum atomic E-state index is -0.0847. The third-order valence-electron chi connectivity index (χ3n) is 4.61. The molecule has 0 bridgehead atoms. The van der Waals surface area contributed by atoms with Gasteiger partial charge in [0.15, 0.2) is 0 Å². The maximum absolute atomic E-state index is 11.7. The van der Waals surface area contributed by atoms with Crippen molar-refractivity contribution < 1.29 is 9.90 Å². The molecular weight excluding hydrogens is 262 g/mol. The highest BCUT2D eigenvalue weighted by atomic mass is 16.3. The van der Waals surface area contributed by atoms with Gasteiger partial charge in [0.25, 0.3) is 0 Å². The van der Waals surface area contributed by atoms with Crippen molar-refractivity contribution in [2.75, 3.05) is 13.1 Å². The van der Waals surface area contributed by atoms with E-state index in [-0.39, 0.29) is 5.54 Å². The van der Waals surface area contributed by atoms with E-state index >= 15 is 0 Å². The lowest BCUT2D eigenvalue weighted by molar-refractivity contribution is -0.123. The maximum atomic E-state index is 11.7. The SMILES string of the molecule is CCCN(CCC)C1(c2cccc(O)c2)CCC(=O)CC1. The Balaban J connectivity index is 2.40. The Morgan fingerprint density at radius 3 is 2.29 bits per heavy atom. The number of rotatable bonds is 6. The predicted octanol–water partition coefficient (Wildman–Crippen LogP) is 3.85. The summed E-state index contributed by atoms with van der Waals surface area (Å²) < 4.78 is 0. The highest BCUT2D eigenvalue weighted by molar-refractivity contribution is 5.79. The largest absolute Gasteiger partial charge is 0.508 e. The number of phenolic OH excluding ortho intramolecular Hbond substituents is 1. The van der Waals surface area contributed by atoms with Crippen molar-refractivity contribution in [1.82, 2.24) is 4.90 Å². The zero-order chi connectivity index (χ0) is 15.3. The van der Waals surface area contributed by atoms with Gasteiger partial charge in [-0.3, -0.25) is 9.69 Å². The molecule has 1 aromatic rings. The Morgan fingerprint density at radius 2 is 1.76 bits per heavy atom. The van der Waals surface area contributed by atoms with Gasteiger partial charge >= 0.3 is 0 Å². The molecule has 0 aromatic heterocycles. The van der Waals surface area contributed by atoms with Crippen LogP contribution in [-0.4, -0.2) is 28.9 Å². The third kappa shape index (κ3) is 3.46. The Bertz CT molecular complexity index is 468. The first-order valence-electron chi connectivity index (χ1n) is 8.18. The average Bonchev–Trinajstić information content (AvgIpc) is 2.48. The number of ketones is 1. The van der Waals surface area contributed by atoms with Crippen LogP contribution in [0.4, 0.5) is 0 Å². The number of aromatic hydroxyl groups is 1. The van der Waals surface area contributed by atoms with E-state index in [4.69, 9.17) is 0 Å². The van der Waals surface area contributed by atoms with Crippen molar-refractivity contribution in [3.05, 3.63) is 29.8 Å². The molecule has 0 unspecified atom stereocenters. The van der Waals surface area contributed by atoms with E-state index in [1.165, 1.54) is 0 Å². The van der Waals surface area contributed by atoms with Crippen LogP contribution < -0.4 is 0 Å². The first kappa shape index (κ1) is 16.0. The topological polar surface area (TPSA) is 40.5 Å². The molecule has 21 heavy (non-hydrogen) atoms. The van der Waals surface area contributed by atoms with Gasteiger partial charge in [0.1, 0.15) is 11.5 Å². The molecule has 1 saturated carbocycles. The molecule has 0 aliphatic heterocycles. The molecule has 3 nitrogen and oxygen atoms in total. The number of hydrogen-bond donors (Lipinski definition) is 1. The monoisotopic (exact) mass is 289 g/mol. The van der Waals surface area contributed by atoms with Crippen molar-refractivity contribution in [2.24, 2.45) is 0 Å². The third-order valence-corrected chi connectivity index (χ3v) is 4.61. The second kappa shape index (κ2) is 7.08. The van der Waals surface area contributed by atoms with Crippen LogP contribution in [0.15, 0.2) is 24.3 Å². The number of carbonyl (C=O) groups is 1. The molecule has 0 saturated heterocycles. The molecular formula is C18H27NO2. The zero-order valence-electron chi connectivity index (χ0n) is 13.3. The first-order valence-corrected chi connectivity index (χ1v) is 8.18. The average molecular weight is 289 g/mol. The van der Waals surface area contributed by atoms with Crippen LogP contribution in [-0.2, 0) is 10.3 Å². The van der Waals surface area contributed by atoms with E-state index in [1.807, 2.05) is 12.1 Å². The molecule has 0 radical (unpaired) electrons. The van der Waals surface area contributed by atoms with E-state index in [2.05, 4.69) is 24.8 Å². The van der Waals surface area contributed by atoms with E-state index in [9.17, 15) is 9.90 Å². The molecule has 1 aromatic carbocycles. The van der Waals surface area contributed by atoms with Crippen molar-refractivity contribution in [2.45, 2.75) is 57.9 Å². The highest BCUT2D eigenvalue weighted by Gasteiger charge is 2.40. The number of Topliss-reactive ketones (excluding diaryl/α,β-unsaturated/α-hetero) is 1. The lowest BCUT2D eigenvalue weighted by atomic mass is 9.74. The predicted molar refractivity (Wildman–Crippen MR) is 85.4 cm³/mol. The molecule has 3 heteroatoms. The van der Waals surface area contributed by atoms with Crippen LogP contribution in [0.1, 0.15) is 57.9 Å². The van der Waals surface area contributed by atoms with Crippen LogP contribution in [0.2, 0.25) is 0 Å². The van der Waals surface area contributed by atoms with Crippen LogP contribution in [0, 0.1) is 0 Å². The summed E-state index contributed by atoms with van der Waals surface area (Å²) in [7, 11) is 0. The number of phenols is 1. The van der Waals surface area contributed by atoms with Gasteiger partial charge in [0, 0.05) is 18.4 Å². The second-order valence-electron chi connectivity index (χ2n) is 6.11. The van der Waals surface area contributed by atoms with E-state index in [1.54, 1.807) is 6.07 Å². The Morgan fingerprint density at radius 1 is 1.14 bits per heavy atom. The molecule has 1 N–H and O–H groups in total. The van der Waals surface area contributed by atoms with Gasteiger partial charge in [0.2, 0.25) is 0 Å². The van der Waals surface area contributed by atoms with Crippen molar-refractivity contribution >= 4 is 5.78 Å². The van der Waals surface area contributed by atoms with Crippen molar-refractivity contribution in [3.63, 3.8) is 0 Å². The molecule has 0 heterocycles. The van der Waals surface area contributed by atoms with Crippen LogP contribution in [0.5, 0.6) is 5.75 Å². The van der Waals surface area contributed by atoms with Crippen LogP contribution in [0.3, 0.4) is 0 Å². The molecule has 2 rings (SSSR count). The normalized spacial score (nSPS) is 18.1. The quantitative estimate of drug-likeness (QED) is 0.864. The Hall–Kier alpha value is -1.35. The summed E-state index contributed by atoms with van der Waals surface area (Å²) in [4.78, 5) is 14.3. The van der Waals surface area contributed by atoms with E-state index in [0.29, 0.717) is 24.4 Å². The van der Waals surface area contributed by atoms with Gasteiger partial charge in [-0.15, -0.1) is 0 Å². The summed E-state index contributed by atoms with van der Waals surface area (Å²) in [6, 6.07) is 7.62. The number of nitrogens with zero attached hydrogens (tertiary/aromatic N) is 1. The fourth-order valence-electron chi connectivity index (χ4n) is 3.60. The van der Waals surface area contributed by atoms with Gasteiger partial charge in [-0.25, -0.2) is 0 Å². The minimum absolute atomic E-state index is 0.0847. The summed E-state index contributed by atoms with van der Waals surface area (Å²) in [6.45, 7) is 6.48. The Kier molecular flexibility index (Phi) is 5.40. The van der Waals surface area contributed by atoms with Gasteiger partial charge in [0.05, 0.1) is 0 Å². The zero-order valence-corrected chi connectivity index (χ0v) is 13.3. The highest BCUT2D eigenvalue weighted by Crippen LogP contribution is 2.42. The fourth-order valence-corrected chi connectivity index (χ4v) is 3.60. The molecule has 116 valence electrons. The van der Waals surface area contributed by atoms with Crippen molar-refractivity contribution in [3.8, 4) is 5.75 Å². The van der Waals surface area contributed by atoms with E-state index in [0.717, 1.165) is 44.3 Å². The number of hydrogen-bond acceptors (Lipinski definition) is 3. The van der Waals surface area contributed by atoms with Gasteiger partial charge in [-0.1, -0.05) is 26.0 Å². The molecule has 1 fully saturated rings. The fraction of sp³-hybridized carbons (Fsp3) is 0.611. The van der Waals surface area contributed by atoms with Gasteiger partial charge in [-0.05, 0) is 56.5 Å². The van der Waals surface area contributed by atoms with Crippen molar-refractivity contribution in [1.29, 1.82) is 0 Å². The maximum Gasteiger partial charge on any atom is 0.133 e. The minimum Gasteiger partial charge on any atom is -0.508 e. The lowest BCUT2D eigenvalue weighted by Crippen LogP contribution is -2.49. The Labute approximate surface area is 128 Å².